The summed E-state index contributed by atoms with van der Waals surface area (Å²) >= 11 is 0. The molecule has 0 aliphatic carbocycles. The minimum absolute atomic E-state index is 0.689. The van der Waals surface area contributed by atoms with Crippen molar-refractivity contribution in [3.05, 3.63) is 58.7 Å². The van der Waals surface area contributed by atoms with E-state index in [9.17, 15) is 4.79 Å². The summed E-state index contributed by atoms with van der Waals surface area (Å²) in [5.41, 5.74) is 6.20. The Kier molecular flexibility index (Phi) is 3.10. The molecule has 2 aromatic rings. The first-order chi connectivity index (χ1) is 8.15. The Hall–Kier alpha value is -1.89. The third-order valence-corrected chi connectivity index (χ3v) is 3.14. The van der Waals surface area contributed by atoms with Gasteiger partial charge in [-0.05, 0) is 48.6 Å². The number of hydrogen-bond acceptors (Lipinski definition) is 1. The second kappa shape index (κ2) is 4.54. The Morgan fingerprint density at radius 3 is 2.18 bits per heavy atom. The van der Waals surface area contributed by atoms with Crippen LogP contribution in [0.2, 0.25) is 0 Å². The molecule has 1 radical (unpaired) electrons. The SMILES string of the molecule is Cc1cc(C)c(-c2ccccc2)c(C)c1[C]=O. The first-order valence-electron chi connectivity index (χ1n) is 5.69. The minimum Gasteiger partial charge on any atom is -0.285 e. The highest BCUT2D eigenvalue weighted by Gasteiger charge is 2.12. The molecule has 0 aliphatic rings. The lowest BCUT2D eigenvalue weighted by Gasteiger charge is -2.14. The number of hydrogen-bond donors (Lipinski definition) is 0. The lowest BCUT2D eigenvalue weighted by atomic mass is 9.90. The van der Waals surface area contributed by atoms with Crippen LogP contribution in [-0.2, 0) is 4.79 Å². The van der Waals surface area contributed by atoms with Gasteiger partial charge in [0.2, 0.25) is 6.29 Å². The fourth-order valence-corrected chi connectivity index (χ4v) is 2.39. The summed E-state index contributed by atoms with van der Waals surface area (Å²) < 4.78 is 0. The minimum atomic E-state index is 0.689. The van der Waals surface area contributed by atoms with E-state index < -0.39 is 0 Å². The van der Waals surface area contributed by atoms with Crippen LogP contribution in [-0.4, -0.2) is 6.29 Å². The van der Waals surface area contributed by atoms with Gasteiger partial charge in [0.1, 0.15) is 0 Å². The van der Waals surface area contributed by atoms with E-state index in [-0.39, 0.29) is 0 Å². The molecular formula is C16H15O. The van der Waals surface area contributed by atoms with Crippen LogP contribution in [0, 0.1) is 20.8 Å². The summed E-state index contributed by atoms with van der Waals surface area (Å²) in [7, 11) is 0. The normalized spacial score (nSPS) is 10.3. The summed E-state index contributed by atoms with van der Waals surface area (Å²) in [6.45, 7) is 6.02. The molecule has 0 bridgehead atoms. The monoisotopic (exact) mass is 223 g/mol. The maximum Gasteiger partial charge on any atom is 0.234 e. The highest BCUT2D eigenvalue weighted by Crippen LogP contribution is 2.30. The molecule has 17 heavy (non-hydrogen) atoms. The molecular weight excluding hydrogens is 208 g/mol. The third kappa shape index (κ3) is 2.01. The van der Waals surface area contributed by atoms with Gasteiger partial charge in [-0.25, -0.2) is 0 Å². The van der Waals surface area contributed by atoms with Crippen molar-refractivity contribution in [1.29, 1.82) is 0 Å². The number of rotatable bonds is 2. The summed E-state index contributed by atoms with van der Waals surface area (Å²) in [6.07, 6.45) is 2.05. The molecule has 0 atom stereocenters. The summed E-state index contributed by atoms with van der Waals surface area (Å²) in [5, 5.41) is 0. The molecule has 0 spiro atoms. The van der Waals surface area contributed by atoms with Gasteiger partial charge in [0.25, 0.3) is 0 Å². The average Bonchev–Trinajstić information content (AvgIpc) is 2.30. The molecule has 1 nitrogen and oxygen atoms in total. The van der Waals surface area contributed by atoms with Crippen LogP contribution < -0.4 is 0 Å². The van der Waals surface area contributed by atoms with Gasteiger partial charge in [-0.2, -0.15) is 0 Å². The fraction of sp³-hybridized carbons (Fsp3) is 0.188. The maximum atomic E-state index is 11.0. The van der Waals surface area contributed by atoms with Crippen LogP contribution in [0.25, 0.3) is 11.1 Å². The highest BCUT2D eigenvalue weighted by molar-refractivity contribution is 5.86. The van der Waals surface area contributed by atoms with E-state index in [2.05, 4.69) is 31.4 Å². The Morgan fingerprint density at radius 2 is 1.59 bits per heavy atom. The van der Waals surface area contributed by atoms with Crippen LogP contribution >= 0.6 is 0 Å². The van der Waals surface area contributed by atoms with Crippen LogP contribution in [0.4, 0.5) is 0 Å². The first-order valence-corrected chi connectivity index (χ1v) is 5.69. The van der Waals surface area contributed by atoms with Gasteiger partial charge in [-0.1, -0.05) is 36.4 Å². The van der Waals surface area contributed by atoms with Gasteiger partial charge in [0, 0.05) is 5.56 Å². The smallest absolute Gasteiger partial charge is 0.234 e. The van der Waals surface area contributed by atoms with Crippen LogP contribution in [0.5, 0.6) is 0 Å². The molecule has 2 rings (SSSR count). The van der Waals surface area contributed by atoms with Crippen LogP contribution in [0.15, 0.2) is 36.4 Å². The van der Waals surface area contributed by atoms with E-state index in [1.54, 1.807) is 0 Å². The molecule has 0 heterocycles. The maximum absolute atomic E-state index is 11.0. The van der Waals surface area contributed by atoms with Crippen molar-refractivity contribution >= 4 is 6.29 Å². The molecule has 0 fully saturated rings. The molecule has 0 aliphatic heterocycles. The van der Waals surface area contributed by atoms with Crippen molar-refractivity contribution in [3.8, 4) is 11.1 Å². The lowest BCUT2D eigenvalue weighted by Crippen LogP contribution is -1.98. The van der Waals surface area contributed by atoms with E-state index in [0.29, 0.717) is 5.56 Å². The zero-order chi connectivity index (χ0) is 12.4. The van der Waals surface area contributed by atoms with Crippen LogP contribution in [0.3, 0.4) is 0 Å². The number of carbonyl (C=O) groups excluding carboxylic acids is 1. The molecule has 0 N–H and O–H groups in total. The van der Waals surface area contributed by atoms with Crippen LogP contribution in [0.1, 0.15) is 22.3 Å². The standard InChI is InChI=1S/C16H15O/c1-11-9-12(2)16(13(3)15(11)10-17)14-7-5-4-6-8-14/h4-9H,1-3H3. The predicted molar refractivity (Wildman–Crippen MR) is 70.9 cm³/mol. The highest BCUT2D eigenvalue weighted by atomic mass is 16.1. The van der Waals surface area contributed by atoms with E-state index in [4.69, 9.17) is 0 Å². The van der Waals surface area contributed by atoms with Gasteiger partial charge >= 0.3 is 0 Å². The van der Waals surface area contributed by atoms with E-state index >= 15 is 0 Å². The van der Waals surface area contributed by atoms with Crippen molar-refractivity contribution in [2.75, 3.05) is 0 Å². The Bertz CT molecular complexity index is 553. The molecule has 0 amide bonds. The quantitative estimate of drug-likeness (QED) is 0.758. The molecule has 0 aromatic heterocycles. The fourth-order valence-electron chi connectivity index (χ4n) is 2.39. The Balaban J connectivity index is 2.74. The largest absolute Gasteiger partial charge is 0.285 e. The van der Waals surface area contributed by atoms with E-state index in [0.717, 1.165) is 22.3 Å². The second-order valence-electron chi connectivity index (χ2n) is 4.35. The van der Waals surface area contributed by atoms with Gasteiger partial charge in [-0.3, -0.25) is 4.79 Å². The Labute approximate surface area is 102 Å². The zero-order valence-corrected chi connectivity index (χ0v) is 10.4. The zero-order valence-electron chi connectivity index (χ0n) is 10.4. The Morgan fingerprint density at radius 1 is 0.941 bits per heavy atom. The molecule has 0 saturated heterocycles. The third-order valence-electron chi connectivity index (χ3n) is 3.14. The van der Waals surface area contributed by atoms with Crippen molar-refractivity contribution in [2.45, 2.75) is 20.8 Å². The molecule has 1 heteroatoms. The topological polar surface area (TPSA) is 17.1 Å². The molecule has 2 aromatic carbocycles. The van der Waals surface area contributed by atoms with Crippen molar-refractivity contribution in [3.63, 3.8) is 0 Å². The average molecular weight is 223 g/mol. The van der Waals surface area contributed by atoms with Gasteiger partial charge in [0.15, 0.2) is 0 Å². The predicted octanol–water partition coefficient (Wildman–Crippen LogP) is 3.74. The molecule has 85 valence electrons. The summed E-state index contributed by atoms with van der Waals surface area (Å²) in [4.78, 5) is 11.0. The summed E-state index contributed by atoms with van der Waals surface area (Å²) in [6, 6.07) is 12.2. The van der Waals surface area contributed by atoms with Gasteiger partial charge in [-0.15, -0.1) is 0 Å². The van der Waals surface area contributed by atoms with E-state index in [1.165, 1.54) is 5.56 Å². The van der Waals surface area contributed by atoms with E-state index in [1.807, 2.05) is 32.0 Å². The number of aryl methyl sites for hydroxylation is 2. The number of benzene rings is 2. The lowest BCUT2D eigenvalue weighted by molar-refractivity contribution is 0.562. The van der Waals surface area contributed by atoms with Gasteiger partial charge < -0.3 is 0 Å². The van der Waals surface area contributed by atoms with Gasteiger partial charge in [0.05, 0.1) is 0 Å². The second-order valence-corrected chi connectivity index (χ2v) is 4.35. The molecule has 0 unspecified atom stereocenters. The van der Waals surface area contributed by atoms with Crippen molar-refractivity contribution in [2.24, 2.45) is 0 Å². The summed E-state index contributed by atoms with van der Waals surface area (Å²) in [5.74, 6) is 0. The van der Waals surface area contributed by atoms with Crippen molar-refractivity contribution < 1.29 is 4.79 Å². The van der Waals surface area contributed by atoms with Crippen molar-refractivity contribution in [1.82, 2.24) is 0 Å². The first kappa shape index (κ1) is 11.6. The molecule has 0 saturated carbocycles.